The predicted molar refractivity (Wildman–Crippen MR) is 81.8 cm³/mol. The van der Waals surface area contributed by atoms with Crippen molar-refractivity contribution in [2.45, 2.75) is 25.4 Å². The molecule has 3 amide bonds. The second-order valence-electron chi connectivity index (χ2n) is 6.28. The Morgan fingerprint density at radius 2 is 1.72 bits per heavy atom. The molecule has 8 heteroatoms. The van der Waals surface area contributed by atoms with E-state index in [2.05, 4.69) is 0 Å². The van der Waals surface area contributed by atoms with E-state index in [9.17, 15) is 27.6 Å². The molecule has 1 fully saturated rings. The maximum atomic E-state index is 12.8. The van der Waals surface area contributed by atoms with E-state index in [4.69, 9.17) is 0 Å². The first-order valence-corrected chi connectivity index (χ1v) is 8.08. The van der Waals surface area contributed by atoms with Crippen LogP contribution in [0.4, 0.5) is 13.2 Å². The number of fused-ring (bicyclic) bond motifs is 1. The lowest BCUT2D eigenvalue weighted by Gasteiger charge is -2.34. The van der Waals surface area contributed by atoms with Crippen LogP contribution in [-0.4, -0.2) is 53.3 Å². The second kappa shape index (κ2) is 6.50. The summed E-state index contributed by atoms with van der Waals surface area (Å²) in [6, 6.07) is 6.36. The molecule has 1 aromatic rings. The number of amides is 3. The van der Waals surface area contributed by atoms with E-state index in [1.807, 2.05) is 0 Å². The largest absolute Gasteiger partial charge is 0.393 e. The Kier molecular flexibility index (Phi) is 4.53. The van der Waals surface area contributed by atoms with Crippen LogP contribution in [0.2, 0.25) is 0 Å². The predicted octanol–water partition coefficient (Wildman–Crippen LogP) is 2.47. The molecule has 0 unspecified atom stereocenters. The molecule has 0 spiro atoms. The van der Waals surface area contributed by atoms with E-state index >= 15 is 0 Å². The van der Waals surface area contributed by atoms with E-state index in [1.54, 1.807) is 12.1 Å². The third-order valence-electron chi connectivity index (χ3n) is 4.66. The number of hydrogen-bond acceptors (Lipinski definition) is 3. The molecule has 134 valence electrons. The Bertz CT molecular complexity index is 682. The molecule has 0 saturated carbocycles. The van der Waals surface area contributed by atoms with Gasteiger partial charge in [-0.15, -0.1) is 0 Å². The van der Waals surface area contributed by atoms with Crippen molar-refractivity contribution in [2.24, 2.45) is 5.92 Å². The third-order valence-corrected chi connectivity index (χ3v) is 4.66. The van der Waals surface area contributed by atoms with Crippen LogP contribution in [-0.2, 0) is 4.79 Å². The van der Waals surface area contributed by atoms with Crippen molar-refractivity contribution in [1.29, 1.82) is 0 Å². The van der Waals surface area contributed by atoms with Crippen molar-refractivity contribution in [3.05, 3.63) is 35.4 Å². The number of likely N-dealkylation sites (tertiary alicyclic amines) is 1. The van der Waals surface area contributed by atoms with Gasteiger partial charge in [-0.1, -0.05) is 12.1 Å². The van der Waals surface area contributed by atoms with Crippen molar-refractivity contribution in [3.63, 3.8) is 0 Å². The van der Waals surface area contributed by atoms with E-state index in [1.165, 1.54) is 17.0 Å². The summed E-state index contributed by atoms with van der Waals surface area (Å²) in [5, 5.41) is 0. The molecule has 3 rings (SSSR count). The average molecular weight is 354 g/mol. The van der Waals surface area contributed by atoms with Gasteiger partial charge in [0, 0.05) is 26.1 Å². The van der Waals surface area contributed by atoms with Gasteiger partial charge in [0.25, 0.3) is 11.8 Å². The Hall–Kier alpha value is -2.38. The molecule has 1 atom stereocenters. The number of hydrogen-bond donors (Lipinski definition) is 0. The Labute approximate surface area is 142 Å². The van der Waals surface area contributed by atoms with E-state index in [0.717, 1.165) is 4.90 Å². The first kappa shape index (κ1) is 17.4. The van der Waals surface area contributed by atoms with Crippen LogP contribution in [0.5, 0.6) is 0 Å². The minimum atomic E-state index is -4.32. The molecule has 2 heterocycles. The van der Waals surface area contributed by atoms with Gasteiger partial charge >= 0.3 is 6.18 Å². The summed E-state index contributed by atoms with van der Waals surface area (Å²) in [6.45, 7) is -0.212. The van der Waals surface area contributed by atoms with Crippen LogP contribution >= 0.6 is 0 Å². The highest BCUT2D eigenvalue weighted by Gasteiger charge is 2.43. The number of piperidine rings is 1. The van der Waals surface area contributed by atoms with Crippen LogP contribution in [0.3, 0.4) is 0 Å². The molecule has 0 N–H and O–H groups in total. The van der Waals surface area contributed by atoms with Crippen LogP contribution < -0.4 is 0 Å². The van der Waals surface area contributed by atoms with Crippen molar-refractivity contribution in [1.82, 2.24) is 9.80 Å². The monoisotopic (exact) mass is 354 g/mol. The Morgan fingerprint density at radius 3 is 2.28 bits per heavy atom. The summed E-state index contributed by atoms with van der Waals surface area (Å²) in [4.78, 5) is 38.8. The zero-order valence-corrected chi connectivity index (χ0v) is 13.4. The van der Waals surface area contributed by atoms with E-state index < -0.39 is 29.8 Å². The molecule has 5 nitrogen and oxygen atoms in total. The number of alkyl halides is 3. The zero-order valence-electron chi connectivity index (χ0n) is 13.4. The highest BCUT2D eigenvalue weighted by Crippen LogP contribution is 2.33. The summed E-state index contributed by atoms with van der Waals surface area (Å²) < 4.78 is 38.5. The van der Waals surface area contributed by atoms with Gasteiger partial charge in [-0.2, -0.15) is 13.2 Å². The lowest BCUT2D eigenvalue weighted by atomic mass is 9.97. The topological polar surface area (TPSA) is 57.7 Å². The minimum Gasteiger partial charge on any atom is -0.342 e. The second-order valence-corrected chi connectivity index (χ2v) is 6.28. The zero-order chi connectivity index (χ0) is 18.2. The normalized spacial score (nSPS) is 20.8. The number of imide groups is 1. The summed E-state index contributed by atoms with van der Waals surface area (Å²) >= 11 is 0. The van der Waals surface area contributed by atoms with Gasteiger partial charge in [0.05, 0.1) is 17.0 Å². The van der Waals surface area contributed by atoms with Gasteiger partial charge in [-0.3, -0.25) is 19.3 Å². The Morgan fingerprint density at radius 1 is 1.12 bits per heavy atom. The molecule has 1 saturated heterocycles. The number of carbonyl (C=O) groups is 3. The maximum absolute atomic E-state index is 12.8. The van der Waals surface area contributed by atoms with Crippen LogP contribution in [0.25, 0.3) is 0 Å². The molecular formula is C17H17F3N2O3. The van der Waals surface area contributed by atoms with Gasteiger partial charge in [-0.05, 0) is 25.0 Å². The lowest BCUT2D eigenvalue weighted by Crippen LogP contribution is -2.45. The number of carbonyl (C=O) groups excluding carboxylic acids is 3. The molecule has 0 aliphatic carbocycles. The fourth-order valence-corrected chi connectivity index (χ4v) is 3.28. The van der Waals surface area contributed by atoms with Crippen molar-refractivity contribution < 1.29 is 27.6 Å². The summed E-state index contributed by atoms with van der Waals surface area (Å²) in [5.74, 6) is -2.92. The summed E-state index contributed by atoms with van der Waals surface area (Å²) in [6.07, 6.45) is -4.17. The summed E-state index contributed by atoms with van der Waals surface area (Å²) in [7, 11) is 0. The number of nitrogens with zero attached hydrogens (tertiary/aromatic N) is 2. The molecule has 1 aromatic carbocycles. The minimum absolute atomic E-state index is 0.0195. The van der Waals surface area contributed by atoms with E-state index in [-0.39, 0.29) is 43.6 Å². The number of rotatable bonds is 3. The van der Waals surface area contributed by atoms with Gasteiger partial charge in [0.2, 0.25) is 5.91 Å². The SMILES string of the molecule is O=C(CCN1C(=O)c2ccccc2C1=O)N1CCC[C@@H](C(F)(F)F)C1. The van der Waals surface area contributed by atoms with Crippen LogP contribution in [0.15, 0.2) is 24.3 Å². The fourth-order valence-electron chi connectivity index (χ4n) is 3.28. The molecule has 0 radical (unpaired) electrons. The molecule has 0 aromatic heterocycles. The van der Waals surface area contributed by atoms with E-state index in [0.29, 0.717) is 6.42 Å². The third kappa shape index (κ3) is 3.38. The van der Waals surface area contributed by atoms with Crippen molar-refractivity contribution >= 4 is 17.7 Å². The molecular weight excluding hydrogens is 337 g/mol. The highest BCUT2D eigenvalue weighted by molar-refractivity contribution is 6.21. The van der Waals surface area contributed by atoms with Gasteiger partial charge < -0.3 is 4.90 Å². The fraction of sp³-hybridized carbons (Fsp3) is 0.471. The van der Waals surface area contributed by atoms with Gasteiger partial charge in [-0.25, -0.2) is 0 Å². The first-order chi connectivity index (χ1) is 11.8. The smallest absolute Gasteiger partial charge is 0.342 e. The van der Waals surface area contributed by atoms with Crippen molar-refractivity contribution in [3.8, 4) is 0 Å². The highest BCUT2D eigenvalue weighted by atomic mass is 19.4. The van der Waals surface area contributed by atoms with Crippen LogP contribution in [0, 0.1) is 5.92 Å². The first-order valence-electron chi connectivity index (χ1n) is 8.08. The number of benzene rings is 1. The lowest BCUT2D eigenvalue weighted by molar-refractivity contribution is -0.188. The number of halogens is 3. The summed E-state index contributed by atoms with van der Waals surface area (Å²) in [5.41, 5.74) is 0.574. The van der Waals surface area contributed by atoms with Crippen molar-refractivity contribution in [2.75, 3.05) is 19.6 Å². The molecule has 0 bridgehead atoms. The molecule has 2 aliphatic rings. The molecule has 25 heavy (non-hydrogen) atoms. The quantitative estimate of drug-likeness (QED) is 0.784. The Balaban J connectivity index is 1.60. The molecule has 2 aliphatic heterocycles. The average Bonchev–Trinajstić information content (AvgIpc) is 2.83. The standard InChI is InChI=1S/C17H17F3N2O3/c18-17(19,20)11-4-3-8-21(10-11)14(23)7-9-22-15(24)12-5-1-2-6-13(12)16(22)25/h1-2,5-6,11H,3-4,7-10H2/t11-/m1/s1. The maximum Gasteiger partial charge on any atom is 0.393 e. The van der Waals surface area contributed by atoms with Gasteiger partial charge in [0.15, 0.2) is 0 Å². The van der Waals surface area contributed by atoms with Crippen LogP contribution in [0.1, 0.15) is 40.0 Å². The van der Waals surface area contributed by atoms with Gasteiger partial charge in [0.1, 0.15) is 0 Å².